The third-order valence-corrected chi connectivity index (χ3v) is 4.62. The number of thiophene rings is 1. The van der Waals surface area contributed by atoms with Gasteiger partial charge in [0.1, 0.15) is 6.61 Å². The first kappa shape index (κ1) is 18.7. The second-order valence-corrected chi connectivity index (χ2v) is 6.77. The minimum Gasteiger partial charge on any atom is -0.493 e. The number of nitrogens with one attached hydrogen (secondary N) is 1. The summed E-state index contributed by atoms with van der Waals surface area (Å²) in [6.45, 7) is 0.440. The smallest absolute Gasteiger partial charge is 0.245 e. The van der Waals surface area contributed by atoms with Gasteiger partial charge in [-0.15, -0.1) is 11.3 Å². The van der Waals surface area contributed by atoms with Crippen LogP contribution in [0.4, 0.5) is 0 Å². The van der Waals surface area contributed by atoms with Crippen LogP contribution in [0.3, 0.4) is 0 Å². The number of nitrogens with zero attached hydrogens (tertiary/aromatic N) is 1. The Balaban J connectivity index is 1.60. The predicted octanol–water partition coefficient (Wildman–Crippen LogP) is 4.03. The van der Waals surface area contributed by atoms with Crippen molar-refractivity contribution in [2.45, 2.75) is 13.0 Å². The number of hydrazone groups is 1. The van der Waals surface area contributed by atoms with E-state index in [4.69, 9.17) is 9.47 Å². The Morgan fingerprint density at radius 1 is 1.11 bits per heavy atom. The second-order valence-electron chi connectivity index (χ2n) is 5.73. The van der Waals surface area contributed by atoms with Crippen molar-refractivity contribution in [3.8, 4) is 11.5 Å². The van der Waals surface area contributed by atoms with Crippen molar-refractivity contribution in [3.63, 3.8) is 0 Å². The van der Waals surface area contributed by atoms with E-state index < -0.39 is 0 Å². The van der Waals surface area contributed by atoms with Crippen molar-refractivity contribution >= 4 is 23.5 Å². The van der Waals surface area contributed by atoms with Crippen LogP contribution in [0.5, 0.6) is 11.5 Å². The molecule has 6 heteroatoms. The lowest BCUT2D eigenvalue weighted by atomic mass is 10.2. The standard InChI is InChI=1S/C21H20N2O3S/c1-25-19-10-9-17(12-20(19)26-15-16-6-3-2-4-7-16)14-22-23-21(24)13-18-8-5-11-27-18/h2-12,14H,13,15H2,1H3,(H,23,24)/b22-14+. The molecular formula is C21H20N2O3S. The molecule has 2 aromatic carbocycles. The average Bonchev–Trinajstić information content (AvgIpc) is 3.20. The van der Waals surface area contributed by atoms with Crippen LogP contribution in [0.1, 0.15) is 16.0 Å². The van der Waals surface area contributed by atoms with Gasteiger partial charge in [0.05, 0.1) is 19.7 Å². The first-order valence-electron chi connectivity index (χ1n) is 8.43. The number of carbonyl (C=O) groups is 1. The Bertz CT molecular complexity index is 893. The quantitative estimate of drug-likeness (QED) is 0.474. The van der Waals surface area contributed by atoms with Crippen LogP contribution in [-0.4, -0.2) is 19.2 Å². The lowest BCUT2D eigenvalue weighted by molar-refractivity contribution is -0.120. The number of carbonyl (C=O) groups excluding carboxylic acids is 1. The molecule has 0 unspecified atom stereocenters. The Morgan fingerprint density at radius 2 is 1.96 bits per heavy atom. The first-order valence-corrected chi connectivity index (χ1v) is 9.31. The van der Waals surface area contributed by atoms with Crippen molar-refractivity contribution in [1.82, 2.24) is 5.43 Å². The molecule has 27 heavy (non-hydrogen) atoms. The molecule has 1 N–H and O–H groups in total. The van der Waals surface area contributed by atoms with Crippen LogP contribution in [0.15, 0.2) is 71.1 Å². The Hall–Kier alpha value is -3.12. The normalized spacial score (nSPS) is 10.7. The van der Waals surface area contributed by atoms with Crippen LogP contribution in [0.2, 0.25) is 0 Å². The SMILES string of the molecule is COc1ccc(/C=N/NC(=O)Cc2cccs2)cc1OCc1ccccc1. The molecule has 0 aliphatic heterocycles. The lowest BCUT2D eigenvalue weighted by Gasteiger charge is -2.11. The predicted molar refractivity (Wildman–Crippen MR) is 108 cm³/mol. The van der Waals surface area contributed by atoms with Crippen molar-refractivity contribution in [3.05, 3.63) is 82.0 Å². The zero-order chi connectivity index (χ0) is 18.9. The van der Waals surface area contributed by atoms with Gasteiger partial charge in [-0.3, -0.25) is 4.79 Å². The summed E-state index contributed by atoms with van der Waals surface area (Å²) in [7, 11) is 1.60. The molecule has 5 nitrogen and oxygen atoms in total. The zero-order valence-electron chi connectivity index (χ0n) is 14.9. The van der Waals surface area contributed by atoms with Gasteiger partial charge in [0.2, 0.25) is 5.91 Å². The minimum atomic E-state index is -0.150. The first-order chi connectivity index (χ1) is 13.2. The van der Waals surface area contributed by atoms with E-state index in [-0.39, 0.29) is 5.91 Å². The second kappa shape index (κ2) is 9.54. The van der Waals surface area contributed by atoms with E-state index in [9.17, 15) is 4.79 Å². The van der Waals surface area contributed by atoms with Crippen LogP contribution in [0.25, 0.3) is 0 Å². The summed E-state index contributed by atoms with van der Waals surface area (Å²) in [5.74, 6) is 1.11. The Labute approximate surface area is 162 Å². The molecule has 0 radical (unpaired) electrons. The molecule has 1 amide bonds. The fourth-order valence-electron chi connectivity index (χ4n) is 2.41. The number of methoxy groups -OCH3 is 1. The van der Waals surface area contributed by atoms with E-state index in [1.807, 2.05) is 66.0 Å². The highest BCUT2D eigenvalue weighted by molar-refractivity contribution is 7.10. The van der Waals surface area contributed by atoms with E-state index in [0.717, 1.165) is 16.0 Å². The van der Waals surface area contributed by atoms with Gasteiger partial charge in [0.25, 0.3) is 0 Å². The highest BCUT2D eigenvalue weighted by atomic mass is 32.1. The van der Waals surface area contributed by atoms with E-state index in [0.29, 0.717) is 24.5 Å². The summed E-state index contributed by atoms with van der Waals surface area (Å²) in [5.41, 5.74) is 4.41. The molecule has 138 valence electrons. The number of benzene rings is 2. The fourth-order valence-corrected chi connectivity index (χ4v) is 3.11. The summed E-state index contributed by atoms with van der Waals surface area (Å²) in [6, 6.07) is 19.2. The molecule has 1 heterocycles. The molecule has 0 fully saturated rings. The molecule has 3 rings (SSSR count). The summed E-state index contributed by atoms with van der Waals surface area (Å²) < 4.78 is 11.2. The maximum absolute atomic E-state index is 11.9. The molecular weight excluding hydrogens is 360 g/mol. The Morgan fingerprint density at radius 3 is 2.70 bits per heavy atom. The van der Waals surface area contributed by atoms with Crippen LogP contribution < -0.4 is 14.9 Å². The molecule has 0 aliphatic carbocycles. The lowest BCUT2D eigenvalue weighted by Crippen LogP contribution is -2.19. The zero-order valence-corrected chi connectivity index (χ0v) is 15.7. The van der Waals surface area contributed by atoms with Gasteiger partial charge in [-0.1, -0.05) is 36.4 Å². The fraction of sp³-hybridized carbons (Fsp3) is 0.143. The third kappa shape index (κ3) is 5.69. The summed E-state index contributed by atoms with van der Waals surface area (Å²) in [5, 5.41) is 5.97. The number of amides is 1. The number of rotatable bonds is 8. The van der Waals surface area contributed by atoms with E-state index in [1.54, 1.807) is 24.7 Å². The number of hydrogen-bond acceptors (Lipinski definition) is 5. The van der Waals surface area contributed by atoms with E-state index >= 15 is 0 Å². The van der Waals surface area contributed by atoms with Gasteiger partial charge in [-0.25, -0.2) is 5.43 Å². The van der Waals surface area contributed by atoms with Crippen molar-refractivity contribution < 1.29 is 14.3 Å². The number of ether oxygens (including phenoxy) is 2. The molecule has 0 aliphatic rings. The topological polar surface area (TPSA) is 59.9 Å². The third-order valence-electron chi connectivity index (χ3n) is 3.74. The van der Waals surface area contributed by atoms with Crippen LogP contribution in [0, 0.1) is 0 Å². The molecule has 1 aromatic heterocycles. The highest BCUT2D eigenvalue weighted by Gasteiger charge is 2.06. The maximum Gasteiger partial charge on any atom is 0.245 e. The summed E-state index contributed by atoms with van der Waals surface area (Å²) >= 11 is 1.55. The largest absolute Gasteiger partial charge is 0.493 e. The van der Waals surface area contributed by atoms with Gasteiger partial charge in [0, 0.05) is 4.88 Å². The van der Waals surface area contributed by atoms with Crippen molar-refractivity contribution in [2.24, 2.45) is 5.10 Å². The molecule has 0 atom stereocenters. The van der Waals surface area contributed by atoms with Gasteiger partial charge in [-0.05, 0) is 40.8 Å². The number of hydrogen-bond donors (Lipinski definition) is 1. The maximum atomic E-state index is 11.9. The van der Waals surface area contributed by atoms with Crippen LogP contribution in [-0.2, 0) is 17.8 Å². The van der Waals surface area contributed by atoms with Crippen molar-refractivity contribution in [1.29, 1.82) is 0 Å². The summed E-state index contributed by atoms with van der Waals surface area (Å²) in [6.07, 6.45) is 1.91. The molecule has 0 saturated heterocycles. The van der Waals surface area contributed by atoms with Crippen molar-refractivity contribution in [2.75, 3.05) is 7.11 Å². The van der Waals surface area contributed by atoms with Crippen LogP contribution >= 0.6 is 11.3 Å². The molecule has 0 spiro atoms. The van der Waals surface area contributed by atoms with E-state index in [1.165, 1.54) is 0 Å². The minimum absolute atomic E-state index is 0.150. The Kier molecular flexibility index (Phi) is 6.60. The van der Waals surface area contributed by atoms with Gasteiger partial charge < -0.3 is 9.47 Å². The van der Waals surface area contributed by atoms with Gasteiger partial charge in [-0.2, -0.15) is 5.10 Å². The summed E-state index contributed by atoms with van der Waals surface area (Å²) in [4.78, 5) is 12.9. The van der Waals surface area contributed by atoms with Gasteiger partial charge >= 0.3 is 0 Å². The van der Waals surface area contributed by atoms with Gasteiger partial charge in [0.15, 0.2) is 11.5 Å². The molecule has 0 bridgehead atoms. The molecule has 0 saturated carbocycles. The highest BCUT2D eigenvalue weighted by Crippen LogP contribution is 2.28. The molecule has 3 aromatic rings. The van der Waals surface area contributed by atoms with E-state index in [2.05, 4.69) is 10.5 Å². The monoisotopic (exact) mass is 380 g/mol. The average molecular weight is 380 g/mol.